The Hall–Kier alpha value is 0.575. The topological polar surface area (TPSA) is 0 Å². The SMILES string of the molecule is C[P@@](CC1CCCCC1)C[B-](CP(CC1CCCCC1)CC1CCCCC1)(CP(CC1CCCCC1)CC1CCCCC1)c1ccccc1. The molecule has 1 aromatic rings. The quantitative estimate of drug-likeness (QED) is 0.111. The molecule has 1 atom stereocenters. The predicted octanol–water partition coefficient (Wildman–Crippen LogP) is 13.9. The van der Waals surface area contributed by atoms with Crippen LogP contribution in [0.15, 0.2) is 30.3 Å². The first-order valence-corrected chi connectivity index (χ1v) is 28.5. The van der Waals surface area contributed by atoms with Crippen molar-refractivity contribution in [1.29, 1.82) is 0 Å². The highest BCUT2D eigenvalue weighted by atomic mass is 31.1. The van der Waals surface area contributed by atoms with Crippen LogP contribution in [0.1, 0.15) is 161 Å². The minimum Gasteiger partial charge on any atom is -0.209 e. The maximum atomic E-state index is 2.82. The Kier molecular flexibility index (Phi) is 17.2. The van der Waals surface area contributed by atoms with Gasteiger partial charge in [-0.3, -0.25) is 0 Å². The van der Waals surface area contributed by atoms with Gasteiger partial charge in [0.25, 0.3) is 0 Å². The van der Waals surface area contributed by atoms with Gasteiger partial charge in [0.05, 0.1) is 0 Å². The van der Waals surface area contributed by atoms with Crippen molar-refractivity contribution in [2.45, 2.75) is 161 Å². The van der Waals surface area contributed by atoms with Crippen LogP contribution in [0.2, 0.25) is 0 Å². The highest BCUT2D eigenvalue weighted by molar-refractivity contribution is 7.68. The third-order valence-corrected chi connectivity index (χ3v) is 23.7. The van der Waals surface area contributed by atoms with Crippen LogP contribution in [-0.2, 0) is 0 Å². The number of rotatable bonds is 17. The molecule has 1 aromatic carbocycles. The van der Waals surface area contributed by atoms with Gasteiger partial charge in [-0.15, -0.1) is 23.8 Å². The van der Waals surface area contributed by atoms with Crippen LogP contribution >= 0.6 is 23.8 Å². The van der Waals surface area contributed by atoms with Gasteiger partial charge in [0.2, 0.25) is 0 Å². The Balaban J connectivity index is 1.32. The van der Waals surface area contributed by atoms with Crippen LogP contribution in [0, 0.1) is 29.6 Å². The first-order valence-electron chi connectivity index (χ1n) is 22.5. The molecule has 6 rings (SSSR count). The minimum atomic E-state index is -0.519. The minimum absolute atomic E-state index is 0.0944. The molecule has 5 saturated carbocycles. The van der Waals surface area contributed by atoms with Gasteiger partial charge in [0.1, 0.15) is 0 Å². The molecule has 0 spiro atoms. The molecule has 0 bridgehead atoms. The van der Waals surface area contributed by atoms with Crippen molar-refractivity contribution < 1.29 is 0 Å². The largest absolute Gasteiger partial charge is 0.209 e. The zero-order valence-electron chi connectivity index (χ0n) is 32.5. The van der Waals surface area contributed by atoms with Gasteiger partial charge in [-0.25, -0.2) is 5.46 Å². The molecule has 0 nitrogen and oxygen atoms in total. The summed E-state index contributed by atoms with van der Waals surface area (Å²) in [4.78, 5) is 0. The molecular weight excluding hydrogens is 644 g/mol. The van der Waals surface area contributed by atoms with Gasteiger partial charge in [-0.2, -0.15) is 18.2 Å². The van der Waals surface area contributed by atoms with Crippen molar-refractivity contribution >= 4 is 35.4 Å². The van der Waals surface area contributed by atoms with E-state index in [1.807, 2.05) is 5.46 Å². The van der Waals surface area contributed by atoms with Gasteiger partial charge in [0, 0.05) is 6.15 Å². The van der Waals surface area contributed by atoms with Gasteiger partial charge in [-0.1, -0.05) is 191 Å². The van der Waals surface area contributed by atoms with Crippen molar-refractivity contribution in [3.8, 4) is 0 Å². The molecule has 0 aliphatic heterocycles. The van der Waals surface area contributed by atoms with E-state index < -0.39 is 6.15 Å². The standard InChI is InChI=1S/C45H79BP3/c1-47(32-40-20-8-2-9-21-40)37-46(45-30-18-7-19-31-45,38-48(33-41-22-10-3-11-23-41)34-42-24-12-4-13-25-42)39-49(35-43-26-14-5-15-27-43)36-44-28-16-6-17-29-44/h7,18-19,30-31,40-44H,2-6,8-17,20-29,32-39H2,1H3/q-1/t47-/m0/s1. The van der Waals surface area contributed by atoms with Crippen LogP contribution < -0.4 is 5.46 Å². The summed E-state index contributed by atoms with van der Waals surface area (Å²) in [6, 6.07) is 17.6. The van der Waals surface area contributed by atoms with Crippen molar-refractivity contribution in [2.24, 2.45) is 29.6 Å². The van der Waals surface area contributed by atoms with E-state index in [4.69, 9.17) is 0 Å². The van der Waals surface area contributed by atoms with Gasteiger partial charge in [0.15, 0.2) is 0 Å². The van der Waals surface area contributed by atoms with Crippen LogP contribution in [0.3, 0.4) is 0 Å². The second-order valence-corrected chi connectivity index (χ2v) is 26.4. The van der Waals surface area contributed by atoms with Crippen molar-refractivity contribution in [3.63, 3.8) is 0 Å². The molecule has 49 heavy (non-hydrogen) atoms. The third-order valence-electron chi connectivity index (χ3n) is 14.6. The molecule has 5 aliphatic rings. The molecule has 5 fully saturated rings. The molecule has 5 aliphatic carbocycles. The lowest BCUT2D eigenvalue weighted by molar-refractivity contribution is 0.380. The Bertz CT molecular complexity index is 915. The van der Waals surface area contributed by atoms with Crippen molar-refractivity contribution in [3.05, 3.63) is 30.3 Å². The fourth-order valence-electron chi connectivity index (χ4n) is 12.2. The molecule has 0 aromatic heterocycles. The first kappa shape index (κ1) is 39.3. The van der Waals surface area contributed by atoms with Crippen molar-refractivity contribution in [2.75, 3.05) is 55.7 Å². The highest BCUT2D eigenvalue weighted by Gasteiger charge is 2.36. The summed E-state index contributed by atoms with van der Waals surface area (Å²) in [7, 11) is 0.316. The van der Waals surface area contributed by atoms with E-state index in [2.05, 4.69) is 37.0 Å². The van der Waals surface area contributed by atoms with E-state index in [1.165, 1.54) is 96.3 Å². The van der Waals surface area contributed by atoms with Crippen LogP contribution in [-0.4, -0.2) is 61.8 Å². The average molecular weight is 724 g/mol. The number of benzene rings is 1. The van der Waals surface area contributed by atoms with Gasteiger partial charge < -0.3 is 0 Å². The Morgan fingerprint density at radius 3 is 1.04 bits per heavy atom. The second-order valence-electron chi connectivity index (χ2n) is 19.1. The fourth-order valence-corrected chi connectivity index (χ4v) is 24.1. The maximum absolute atomic E-state index is 2.82. The van der Waals surface area contributed by atoms with Crippen molar-refractivity contribution in [1.82, 2.24) is 0 Å². The van der Waals surface area contributed by atoms with Crippen LogP contribution in [0.4, 0.5) is 0 Å². The number of hydrogen-bond acceptors (Lipinski definition) is 0. The molecule has 0 radical (unpaired) electrons. The fraction of sp³-hybridized carbons (Fsp3) is 0.867. The number of hydrogen-bond donors (Lipinski definition) is 0. The molecule has 0 saturated heterocycles. The molecule has 278 valence electrons. The smallest absolute Gasteiger partial charge is 0.0410 e. The van der Waals surface area contributed by atoms with Crippen LogP contribution in [0.25, 0.3) is 0 Å². The zero-order chi connectivity index (χ0) is 33.6. The maximum Gasteiger partial charge on any atom is 0.0410 e. The molecule has 0 heterocycles. The Labute approximate surface area is 310 Å². The van der Waals surface area contributed by atoms with E-state index in [1.54, 1.807) is 113 Å². The average Bonchev–Trinajstić information content (AvgIpc) is 3.14. The third kappa shape index (κ3) is 13.1. The summed E-state index contributed by atoms with van der Waals surface area (Å²) >= 11 is 0. The monoisotopic (exact) mass is 724 g/mol. The lowest BCUT2D eigenvalue weighted by Gasteiger charge is -2.50. The lowest BCUT2D eigenvalue weighted by Crippen LogP contribution is -2.58. The van der Waals surface area contributed by atoms with E-state index in [0.29, 0.717) is 0 Å². The summed E-state index contributed by atoms with van der Waals surface area (Å²) in [5, 5.41) is 0. The lowest BCUT2D eigenvalue weighted by atomic mass is 9.25. The molecule has 0 amide bonds. The Morgan fingerprint density at radius 2 is 0.714 bits per heavy atom. The molecule has 0 N–H and O–H groups in total. The molecular formula is C45H79BP3-. The van der Waals surface area contributed by atoms with E-state index in [9.17, 15) is 0 Å². The summed E-state index contributed by atoms with van der Waals surface area (Å²) < 4.78 is 0. The van der Waals surface area contributed by atoms with Gasteiger partial charge >= 0.3 is 0 Å². The summed E-state index contributed by atoms with van der Waals surface area (Å²) in [6.07, 6.45) is 46.1. The zero-order valence-corrected chi connectivity index (χ0v) is 35.2. The van der Waals surface area contributed by atoms with Gasteiger partial charge in [-0.05, 0) is 67.1 Å². The molecule has 0 unspecified atom stereocenters. The normalized spacial score (nSPS) is 24.1. The summed E-state index contributed by atoms with van der Waals surface area (Å²) in [5.41, 5.74) is 1.88. The molecule has 4 heteroatoms. The van der Waals surface area contributed by atoms with E-state index in [0.717, 1.165) is 29.6 Å². The first-order chi connectivity index (χ1) is 24.1. The summed E-state index contributed by atoms with van der Waals surface area (Å²) in [5.74, 6) is 5.28. The summed E-state index contributed by atoms with van der Waals surface area (Å²) in [6.45, 7) is 2.82. The van der Waals surface area contributed by atoms with Crippen LogP contribution in [0.5, 0.6) is 0 Å². The Morgan fingerprint density at radius 1 is 0.408 bits per heavy atom. The van der Waals surface area contributed by atoms with E-state index in [-0.39, 0.29) is 23.8 Å². The predicted molar refractivity (Wildman–Crippen MR) is 230 cm³/mol. The van der Waals surface area contributed by atoms with E-state index >= 15 is 0 Å². The highest BCUT2D eigenvalue weighted by Crippen LogP contribution is 2.54. The second kappa shape index (κ2) is 21.5.